The van der Waals surface area contributed by atoms with Crippen molar-refractivity contribution >= 4 is 5.91 Å². The van der Waals surface area contributed by atoms with Crippen LogP contribution in [0.5, 0.6) is 0 Å². The van der Waals surface area contributed by atoms with E-state index < -0.39 is 6.10 Å². The van der Waals surface area contributed by atoms with Gasteiger partial charge in [-0.05, 0) is 6.92 Å². The lowest BCUT2D eigenvalue weighted by atomic mass is 10.3. The molecule has 3 nitrogen and oxygen atoms in total. The Morgan fingerprint density at radius 1 is 1.90 bits per heavy atom. The van der Waals surface area contributed by atoms with E-state index in [1.807, 2.05) is 0 Å². The molecule has 0 spiro atoms. The summed E-state index contributed by atoms with van der Waals surface area (Å²) < 4.78 is 0. The third-order valence-electron chi connectivity index (χ3n) is 1.14. The summed E-state index contributed by atoms with van der Waals surface area (Å²) in [6.07, 6.45) is 0.699. The van der Waals surface area contributed by atoms with Gasteiger partial charge in [0.05, 0.1) is 0 Å². The first-order valence-corrected chi connectivity index (χ1v) is 3.13. The zero-order chi connectivity index (χ0) is 8.15. The van der Waals surface area contributed by atoms with Crippen molar-refractivity contribution in [3.05, 3.63) is 12.7 Å². The van der Waals surface area contributed by atoms with E-state index in [0.29, 0.717) is 6.54 Å². The van der Waals surface area contributed by atoms with Gasteiger partial charge in [0.15, 0.2) is 0 Å². The van der Waals surface area contributed by atoms with Gasteiger partial charge in [0, 0.05) is 13.6 Å². The topological polar surface area (TPSA) is 40.5 Å². The second-order valence-electron chi connectivity index (χ2n) is 2.18. The van der Waals surface area contributed by atoms with Crippen molar-refractivity contribution in [2.24, 2.45) is 0 Å². The van der Waals surface area contributed by atoms with Crippen LogP contribution in [0.2, 0.25) is 0 Å². The quantitative estimate of drug-likeness (QED) is 0.565. The van der Waals surface area contributed by atoms with Crippen molar-refractivity contribution in [1.29, 1.82) is 0 Å². The van der Waals surface area contributed by atoms with E-state index >= 15 is 0 Å². The van der Waals surface area contributed by atoms with Crippen LogP contribution < -0.4 is 0 Å². The molecule has 0 aliphatic heterocycles. The molecule has 0 fully saturated rings. The lowest BCUT2D eigenvalue weighted by Gasteiger charge is -2.15. The largest absolute Gasteiger partial charge is 0.384 e. The van der Waals surface area contributed by atoms with E-state index in [1.165, 1.54) is 11.8 Å². The number of carbonyl (C=O) groups is 1. The molecule has 10 heavy (non-hydrogen) atoms. The third-order valence-corrected chi connectivity index (χ3v) is 1.14. The minimum Gasteiger partial charge on any atom is -0.384 e. The fraction of sp³-hybridized carbons (Fsp3) is 0.571. The number of rotatable bonds is 3. The second-order valence-corrected chi connectivity index (χ2v) is 2.18. The molecule has 0 rings (SSSR count). The fourth-order valence-corrected chi connectivity index (χ4v) is 0.603. The van der Waals surface area contributed by atoms with E-state index in [1.54, 1.807) is 13.1 Å². The van der Waals surface area contributed by atoms with E-state index in [9.17, 15) is 4.79 Å². The first-order valence-electron chi connectivity index (χ1n) is 3.13. The smallest absolute Gasteiger partial charge is 0.251 e. The molecule has 0 aromatic carbocycles. The molecule has 0 aliphatic rings. The number of aliphatic hydroxyl groups excluding tert-OH is 1. The minimum atomic E-state index is -0.912. The van der Waals surface area contributed by atoms with Crippen LogP contribution in [0.15, 0.2) is 12.7 Å². The summed E-state index contributed by atoms with van der Waals surface area (Å²) in [5, 5.41) is 8.79. The Balaban J connectivity index is 3.81. The second kappa shape index (κ2) is 4.06. The van der Waals surface area contributed by atoms with Gasteiger partial charge < -0.3 is 10.0 Å². The highest BCUT2D eigenvalue weighted by atomic mass is 16.3. The van der Waals surface area contributed by atoms with Crippen LogP contribution in [-0.2, 0) is 4.79 Å². The minimum absolute atomic E-state index is 0.278. The molecule has 0 aromatic heterocycles. The number of nitrogens with zero attached hydrogens (tertiary/aromatic N) is 1. The van der Waals surface area contributed by atoms with E-state index in [-0.39, 0.29) is 5.91 Å². The molecule has 58 valence electrons. The van der Waals surface area contributed by atoms with Gasteiger partial charge in [-0.1, -0.05) is 6.08 Å². The predicted octanol–water partition coefficient (Wildman–Crippen LogP) is 0.0116. The number of likely N-dealkylation sites (N-methyl/N-ethyl adjacent to an activating group) is 1. The Morgan fingerprint density at radius 2 is 2.40 bits per heavy atom. The molecule has 0 aromatic rings. The van der Waals surface area contributed by atoms with E-state index in [2.05, 4.69) is 6.58 Å². The number of amides is 1. The number of hydrogen-bond acceptors (Lipinski definition) is 2. The normalized spacial score (nSPS) is 12.3. The maximum Gasteiger partial charge on any atom is 0.251 e. The fourth-order valence-electron chi connectivity index (χ4n) is 0.603. The molecular formula is C7H13NO2. The number of aliphatic hydroxyl groups is 1. The Kier molecular flexibility index (Phi) is 3.72. The first kappa shape index (κ1) is 9.17. The molecule has 1 N–H and O–H groups in total. The van der Waals surface area contributed by atoms with Crippen LogP contribution in [0.25, 0.3) is 0 Å². The molecule has 1 amide bonds. The molecule has 1 atom stereocenters. The van der Waals surface area contributed by atoms with Crippen LogP contribution in [0.1, 0.15) is 6.92 Å². The van der Waals surface area contributed by atoms with Gasteiger partial charge in [-0.25, -0.2) is 0 Å². The van der Waals surface area contributed by atoms with E-state index in [4.69, 9.17) is 5.11 Å². The Labute approximate surface area is 61.0 Å². The van der Waals surface area contributed by atoms with Crippen molar-refractivity contribution in [2.45, 2.75) is 13.0 Å². The predicted molar refractivity (Wildman–Crippen MR) is 39.5 cm³/mol. The van der Waals surface area contributed by atoms with Crippen molar-refractivity contribution in [2.75, 3.05) is 13.6 Å². The number of carbonyl (C=O) groups excluding carboxylic acids is 1. The first-order chi connectivity index (χ1) is 4.59. The van der Waals surface area contributed by atoms with Gasteiger partial charge in [-0.2, -0.15) is 0 Å². The van der Waals surface area contributed by atoms with Crippen molar-refractivity contribution in [3.63, 3.8) is 0 Å². The van der Waals surface area contributed by atoms with Crippen molar-refractivity contribution < 1.29 is 9.90 Å². The molecule has 0 radical (unpaired) electrons. The highest BCUT2D eigenvalue weighted by Gasteiger charge is 2.11. The van der Waals surface area contributed by atoms with Crippen LogP contribution >= 0.6 is 0 Å². The lowest BCUT2D eigenvalue weighted by Crippen LogP contribution is -2.34. The molecule has 0 saturated carbocycles. The summed E-state index contributed by atoms with van der Waals surface area (Å²) in [6, 6.07) is 0. The molecular weight excluding hydrogens is 130 g/mol. The zero-order valence-corrected chi connectivity index (χ0v) is 6.37. The Hall–Kier alpha value is -0.830. The monoisotopic (exact) mass is 143 g/mol. The number of hydrogen-bond donors (Lipinski definition) is 1. The average molecular weight is 143 g/mol. The summed E-state index contributed by atoms with van der Waals surface area (Å²) >= 11 is 0. The summed E-state index contributed by atoms with van der Waals surface area (Å²) in [5.41, 5.74) is 0. The molecule has 0 saturated heterocycles. The van der Waals surface area contributed by atoms with Crippen molar-refractivity contribution in [3.8, 4) is 0 Å². The summed E-state index contributed by atoms with van der Waals surface area (Å²) in [6.45, 7) is 5.39. The van der Waals surface area contributed by atoms with Gasteiger partial charge in [-0.3, -0.25) is 4.79 Å². The van der Waals surface area contributed by atoms with Crippen molar-refractivity contribution in [1.82, 2.24) is 4.90 Å². The maximum absolute atomic E-state index is 10.9. The maximum atomic E-state index is 10.9. The molecule has 0 heterocycles. The average Bonchev–Trinajstić information content (AvgIpc) is 1.87. The standard InChI is InChI=1S/C7H13NO2/c1-4-5-8(3)7(10)6(2)9/h4,6,9H,1,5H2,2-3H3. The summed E-state index contributed by atoms with van der Waals surface area (Å²) in [7, 11) is 1.62. The molecule has 3 heteroatoms. The zero-order valence-electron chi connectivity index (χ0n) is 6.37. The van der Waals surface area contributed by atoms with Crippen LogP contribution in [0.4, 0.5) is 0 Å². The van der Waals surface area contributed by atoms with Gasteiger partial charge in [0.1, 0.15) is 6.10 Å². The van der Waals surface area contributed by atoms with Crippen LogP contribution in [0, 0.1) is 0 Å². The van der Waals surface area contributed by atoms with Gasteiger partial charge in [-0.15, -0.1) is 6.58 Å². The van der Waals surface area contributed by atoms with E-state index in [0.717, 1.165) is 0 Å². The van der Waals surface area contributed by atoms with Gasteiger partial charge >= 0.3 is 0 Å². The highest BCUT2D eigenvalue weighted by molar-refractivity contribution is 5.80. The third kappa shape index (κ3) is 2.64. The highest BCUT2D eigenvalue weighted by Crippen LogP contribution is 1.90. The lowest BCUT2D eigenvalue weighted by molar-refractivity contribution is -0.137. The van der Waals surface area contributed by atoms with Gasteiger partial charge in [0.2, 0.25) is 0 Å². The molecule has 0 aliphatic carbocycles. The van der Waals surface area contributed by atoms with Crippen LogP contribution in [0.3, 0.4) is 0 Å². The summed E-state index contributed by atoms with van der Waals surface area (Å²) in [5.74, 6) is -0.278. The Bertz CT molecular complexity index is 132. The van der Waals surface area contributed by atoms with Gasteiger partial charge in [0.25, 0.3) is 5.91 Å². The van der Waals surface area contributed by atoms with Crippen LogP contribution in [-0.4, -0.2) is 35.6 Å². The molecule has 1 unspecified atom stereocenters. The Morgan fingerprint density at radius 3 is 2.70 bits per heavy atom. The SMILES string of the molecule is C=CCN(C)C(=O)C(C)O. The molecule has 0 bridgehead atoms. The summed E-state index contributed by atoms with van der Waals surface area (Å²) in [4.78, 5) is 12.3.